The third-order valence-electron chi connectivity index (χ3n) is 2.84. The lowest BCUT2D eigenvalue weighted by molar-refractivity contribution is -0.141. The maximum Gasteiger partial charge on any atom is 0.325 e. The Kier molecular flexibility index (Phi) is 5.54. The Hall–Kier alpha value is -1.85. The van der Waals surface area contributed by atoms with E-state index in [1.807, 2.05) is 13.8 Å². The Morgan fingerprint density at radius 3 is 2.58 bits per heavy atom. The summed E-state index contributed by atoms with van der Waals surface area (Å²) >= 11 is 0. The fourth-order valence-corrected chi connectivity index (χ4v) is 1.80. The van der Waals surface area contributed by atoms with Gasteiger partial charge in [0, 0.05) is 13.6 Å². The summed E-state index contributed by atoms with van der Waals surface area (Å²) in [5.41, 5.74) is 1.36. The number of hydrogen-bond acceptors (Lipinski definition) is 4. The molecule has 0 bridgehead atoms. The number of hydrogen-bond donors (Lipinski definition) is 0. The molecule has 0 spiro atoms. The zero-order valence-electron chi connectivity index (χ0n) is 12.0. The second kappa shape index (κ2) is 6.92. The van der Waals surface area contributed by atoms with Crippen LogP contribution in [0, 0.1) is 0 Å². The monoisotopic (exact) mass is 267 g/mol. The Morgan fingerprint density at radius 2 is 2.11 bits per heavy atom. The molecular formula is C13H21N3O3. The number of nitrogens with zero attached hydrogens (tertiary/aromatic N) is 3. The molecule has 0 unspecified atom stereocenters. The largest absolute Gasteiger partial charge is 0.468 e. The molecule has 0 N–H and O–H groups in total. The van der Waals surface area contributed by atoms with Crippen molar-refractivity contribution >= 4 is 11.9 Å². The SMILES string of the molecule is CCCN(CC(=O)OC)C(=O)c1cc(CC)nn1C. The van der Waals surface area contributed by atoms with E-state index in [1.165, 1.54) is 12.0 Å². The first-order valence-corrected chi connectivity index (χ1v) is 6.42. The third kappa shape index (κ3) is 3.81. The summed E-state index contributed by atoms with van der Waals surface area (Å²) < 4.78 is 6.17. The Bertz CT molecular complexity index is 454. The first-order chi connectivity index (χ1) is 9.03. The van der Waals surface area contributed by atoms with Crippen LogP contribution in [0.5, 0.6) is 0 Å². The normalized spacial score (nSPS) is 10.3. The minimum atomic E-state index is -0.417. The molecule has 1 heterocycles. The lowest BCUT2D eigenvalue weighted by atomic mass is 10.2. The Labute approximate surface area is 113 Å². The van der Waals surface area contributed by atoms with Gasteiger partial charge in [-0.15, -0.1) is 0 Å². The van der Waals surface area contributed by atoms with Crippen LogP contribution in [0.4, 0.5) is 0 Å². The summed E-state index contributed by atoms with van der Waals surface area (Å²) in [5, 5.41) is 4.25. The van der Waals surface area contributed by atoms with Crippen LogP contribution in [0.1, 0.15) is 36.5 Å². The number of carbonyl (C=O) groups excluding carboxylic acids is 2. The van der Waals surface area contributed by atoms with Gasteiger partial charge in [0.05, 0.1) is 12.8 Å². The fourth-order valence-electron chi connectivity index (χ4n) is 1.80. The van der Waals surface area contributed by atoms with Crippen molar-refractivity contribution in [2.75, 3.05) is 20.2 Å². The van der Waals surface area contributed by atoms with Gasteiger partial charge < -0.3 is 9.64 Å². The first-order valence-electron chi connectivity index (χ1n) is 6.42. The molecule has 0 atom stereocenters. The predicted molar refractivity (Wildman–Crippen MR) is 70.8 cm³/mol. The highest BCUT2D eigenvalue weighted by Crippen LogP contribution is 2.08. The molecule has 19 heavy (non-hydrogen) atoms. The molecule has 0 aromatic carbocycles. The maximum atomic E-state index is 12.4. The van der Waals surface area contributed by atoms with Crippen molar-refractivity contribution in [2.24, 2.45) is 7.05 Å². The number of carbonyl (C=O) groups is 2. The van der Waals surface area contributed by atoms with Crippen molar-refractivity contribution in [3.05, 3.63) is 17.5 Å². The molecular weight excluding hydrogens is 246 g/mol. The van der Waals surface area contributed by atoms with Gasteiger partial charge >= 0.3 is 5.97 Å². The van der Waals surface area contributed by atoms with Gasteiger partial charge in [0.15, 0.2) is 0 Å². The van der Waals surface area contributed by atoms with Gasteiger partial charge in [-0.05, 0) is 18.9 Å². The van der Waals surface area contributed by atoms with Crippen LogP contribution in [-0.4, -0.2) is 46.8 Å². The predicted octanol–water partition coefficient (Wildman–Crippen LogP) is 1.01. The Morgan fingerprint density at radius 1 is 1.42 bits per heavy atom. The number of amides is 1. The van der Waals surface area contributed by atoms with Gasteiger partial charge in [0.2, 0.25) is 0 Å². The number of methoxy groups -OCH3 is 1. The van der Waals surface area contributed by atoms with E-state index >= 15 is 0 Å². The highest BCUT2D eigenvalue weighted by atomic mass is 16.5. The molecule has 0 aliphatic heterocycles. The van der Waals surface area contributed by atoms with Crippen molar-refractivity contribution < 1.29 is 14.3 Å². The quantitative estimate of drug-likeness (QED) is 0.721. The summed E-state index contributed by atoms with van der Waals surface area (Å²) in [6, 6.07) is 1.77. The summed E-state index contributed by atoms with van der Waals surface area (Å²) in [7, 11) is 3.05. The summed E-state index contributed by atoms with van der Waals surface area (Å²) in [6.45, 7) is 4.42. The summed E-state index contributed by atoms with van der Waals surface area (Å²) in [4.78, 5) is 25.2. The zero-order chi connectivity index (χ0) is 14.4. The molecule has 0 saturated heterocycles. The minimum Gasteiger partial charge on any atom is -0.468 e. The Balaban J connectivity index is 2.91. The van der Waals surface area contributed by atoms with E-state index in [1.54, 1.807) is 17.8 Å². The van der Waals surface area contributed by atoms with E-state index < -0.39 is 5.97 Å². The smallest absolute Gasteiger partial charge is 0.325 e. The molecule has 0 saturated carbocycles. The molecule has 0 aliphatic carbocycles. The lowest BCUT2D eigenvalue weighted by Crippen LogP contribution is -2.37. The van der Waals surface area contributed by atoms with E-state index in [9.17, 15) is 9.59 Å². The third-order valence-corrected chi connectivity index (χ3v) is 2.84. The molecule has 6 heteroatoms. The van der Waals surface area contributed by atoms with Gasteiger partial charge in [0.25, 0.3) is 5.91 Å². The molecule has 1 aromatic heterocycles. The molecule has 6 nitrogen and oxygen atoms in total. The summed E-state index contributed by atoms with van der Waals surface area (Å²) in [5.74, 6) is -0.610. The van der Waals surface area contributed by atoms with Gasteiger partial charge in [-0.3, -0.25) is 14.3 Å². The number of ether oxygens (including phenoxy) is 1. The number of rotatable bonds is 6. The second-order valence-electron chi connectivity index (χ2n) is 4.30. The second-order valence-corrected chi connectivity index (χ2v) is 4.30. The molecule has 1 amide bonds. The molecule has 1 aromatic rings. The fraction of sp³-hybridized carbons (Fsp3) is 0.615. The standard InChI is InChI=1S/C13H21N3O3/c1-5-7-16(9-12(17)19-4)13(18)11-8-10(6-2)14-15(11)3/h8H,5-7,9H2,1-4H3. The summed E-state index contributed by atoms with van der Waals surface area (Å²) in [6.07, 6.45) is 1.55. The van der Waals surface area contributed by atoms with E-state index in [-0.39, 0.29) is 12.5 Å². The topological polar surface area (TPSA) is 64.4 Å². The molecule has 0 aliphatic rings. The average molecular weight is 267 g/mol. The van der Waals surface area contributed by atoms with Crippen LogP contribution in [0.3, 0.4) is 0 Å². The highest BCUT2D eigenvalue weighted by molar-refractivity contribution is 5.94. The number of aromatic nitrogens is 2. The molecule has 0 fully saturated rings. The maximum absolute atomic E-state index is 12.4. The van der Waals surface area contributed by atoms with Crippen LogP contribution < -0.4 is 0 Å². The van der Waals surface area contributed by atoms with E-state index in [2.05, 4.69) is 9.84 Å². The van der Waals surface area contributed by atoms with Crippen molar-refractivity contribution in [1.29, 1.82) is 0 Å². The van der Waals surface area contributed by atoms with Crippen LogP contribution in [-0.2, 0) is 23.0 Å². The number of esters is 1. The van der Waals surface area contributed by atoms with Crippen molar-refractivity contribution in [3.8, 4) is 0 Å². The van der Waals surface area contributed by atoms with E-state index in [4.69, 9.17) is 0 Å². The van der Waals surface area contributed by atoms with Gasteiger partial charge in [-0.2, -0.15) is 5.10 Å². The molecule has 0 radical (unpaired) electrons. The van der Waals surface area contributed by atoms with Crippen LogP contribution in [0.15, 0.2) is 6.07 Å². The van der Waals surface area contributed by atoms with Crippen LogP contribution in [0.2, 0.25) is 0 Å². The molecule has 1 rings (SSSR count). The minimum absolute atomic E-state index is 0.0319. The van der Waals surface area contributed by atoms with Gasteiger partial charge in [-0.1, -0.05) is 13.8 Å². The van der Waals surface area contributed by atoms with Crippen molar-refractivity contribution in [3.63, 3.8) is 0 Å². The van der Waals surface area contributed by atoms with Gasteiger partial charge in [-0.25, -0.2) is 0 Å². The lowest BCUT2D eigenvalue weighted by Gasteiger charge is -2.20. The number of aryl methyl sites for hydroxylation is 2. The van der Waals surface area contributed by atoms with Gasteiger partial charge in [0.1, 0.15) is 12.2 Å². The van der Waals surface area contributed by atoms with Crippen LogP contribution >= 0.6 is 0 Å². The first kappa shape index (κ1) is 15.2. The molecule has 106 valence electrons. The zero-order valence-corrected chi connectivity index (χ0v) is 12.0. The average Bonchev–Trinajstić information content (AvgIpc) is 2.78. The van der Waals surface area contributed by atoms with E-state index in [0.717, 1.165) is 18.5 Å². The highest BCUT2D eigenvalue weighted by Gasteiger charge is 2.21. The van der Waals surface area contributed by atoms with Crippen molar-refractivity contribution in [1.82, 2.24) is 14.7 Å². The van der Waals surface area contributed by atoms with E-state index in [0.29, 0.717) is 12.2 Å². The van der Waals surface area contributed by atoms with Crippen LogP contribution in [0.25, 0.3) is 0 Å². The van der Waals surface area contributed by atoms with Crippen molar-refractivity contribution in [2.45, 2.75) is 26.7 Å².